The number of hydrogen-bond donors (Lipinski definition) is 2. The van der Waals surface area contributed by atoms with Crippen LogP contribution in [-0.4, -0.2) is 21.6 Å². The van der Waals surface area contributed by atoms with E-state index in [1.165, 1.54) is 12.1 Å². The summed E-state index contributed by atoms with van der Waals surface area (Å²) in [4.78, 5) is 14.4. The summed E-state index contributed by atoms with van der Waals surface area (Å²) in [6, 6.07) is 12.1. The first-order valence-corrected chi connectivity index (χ1v) is 6.16. The number of aliphatic hydroxyl groups is 1. The van der Waals surface area contributed by atoms with Crippen molar-refractivity contribution < 1.29 is 10.0 Å². The summed E-state index contributed by atoms with van der Waals surface area (Å²) in [5.74, 6) is 0.496. The van der Waals surface area contributed by atoms with Crippen molar-refractivity contribution in [3.8, 4) is 0 Å². The van der Waals surface area contributed by atoms with Gasteiger partial charge in [-0.3, -0.25) is 10.1 Å². The van der Waals surface area contributed by atoms with Gasteiger partial charge >= 0.3 is 0 Å². The van der Waals surface area contributed by atoms with E-state index in [4.69, 9.17) is 0 Å². The molecule has 0 aliphatic carbocycles. The molecule has 0 amide bonds. The molecule has 0 radical (unpaired) electrons. The standard InChI is InChI=1S/C14H15N3O3/c1-10-13(17(19)20)7-8-14(15-10)16-12(9-18)11-5-3-2-4-6-11/h2-8,12,18H,9H2,1H3,(H,15,16)/t12-/m1/s1. The lowest BCUT2D eigenvalue weighted by molar-refractivity contribution is -0.385. The van der Waals surface area contributed by atoms with Crippen molar-refractivity contribution in [2.45, 2.75) is 13.0 Å². The van der Waals surface area contributed by atoms with Crippen LogP contribution in [0.1, 0.15) is 17.3 Å². The van der Waals surface area contributed by atoms with Gasteiger partial charge in [0.25, 0.3) is 5.69 Å². The van der Waals surface area contributed by atoms with Gasteiger partial charge < -0.3 is 10.4 Å². The maximum absolute atomic E-state index is 10.7. The quantitative estimate of drug-likeness (QED) is 0.645. The highest BCUT2D eigenvalue weighted by Gasteiger charge is 2.14. The summed E-state index contributed by atoms with van der Waals surface area (Å²) in [5.41, 5.74) is 1.24. The number of aliphatic hydroxyl groups excluding tert-OH is 1. The summed E-state index contributed by atoms with van der Waals surface area (Å²) in [6.07, 6.45) is 0. The number of nitrogens with one attached hydrogen (secondary N) is 1. The molecule has 2 N–H and O–H groups in total. The van der Waals surface area contributed by atoms with Crippen LogP contribution in [0, 0.1) is 17.0 Å². The Morgan fingerprint density at radius 3 is 2.55 bits per heavy atom. The molecular weight excluding hydrogens is 258 g/mol. The van der Waals surface area contributed by atoms with Gasteiger partial charge in [0, 0.05) is 6.07 Å². The molecule has 20 heavy (non-hydrogen) atoms. The summed E-state index contributed by atoms with van der Waals surface area (Å²) in [6.45, 7) is 1.49. The fourth-order valence-corrected chi connectivity index (χ4v) is 1.93. The van der Waals surface area contributed by atoms with E-state index >= 15 is 0 Å². The zero-order valence-electron chi connectivity index (χ0n) is 11.0. The summed E-state index contributed by atoms with van der Waals surface area (Å²) < 4.78 is 0. The predicted molar refractivity (Wildman–Crippen MR) is 75.5 cm³/mol. The number of aromatic nitrogens is 1. The van der Waals surface area contributed by atoms with Gasteiger partial charge in [0.05, 0.1) is 17.6 Å². The number of pyridine rings is 1. The van der Waals surface area contributed by atoms with Gasteiger partial charge in [-0.05, 0) is 18.6 Å². The van der Waals surface area contributed by atoms with Crippen LogP contribution in [0.25, 0.3) is 0 Å². The lowest BCUT2D eigenvalue weighted by atomic mass is 10.1. The van der Waals surface area contributed by atoms with Gasteiger partial charge in [-0.2, -0.15) is 0 Å². The third-order valence-electron chi connectivity index (χ3n) is 2.96. The van der Waals surface area contributed by atoms with Gasteiger partial charge in [-0.25, -0.2) is 4.98 Å². The topological polar surface area (TPSA) is 88.3 Å². The largest absolute Gasteiger partial charge is 0.394 e. The molecule has 0 aliphatic heterocycles. The van der Waals surface area contributed by atoms with Crippen molar-refractivity contribution in [1.82, 2.24) is 4.98 Å². The molecule has 1 atom stereocenters. The number of nitro groups is 1. The summed E-state index contributed by atoms with van der Waals surface area (Å²) in [7, 11) is 0. The Morgan fingerprint density at radius 1 is 1.30 bits per heavy atom. The average molecular weight is 273 g/mol. The minimum Gasteiger partial charge on any atom is -0.394 e. The van der Waals surface area contributed by atoms with Crippen LogP contribution >= 0.6 is 0 Å². The Bertz CT molecular complexity index is 602. The van der Waals surface area contributed by atoms with Crippen molar-refractivity contribution in [3.05, 3.63) is 63.8 Å². The number of nitrogens with zero attached hydrogens (tertiary/aromatic N) is 2. The Morgan fingerprint density at radius 2 is 2.00 bits per heavy atom. The fourth-order valence-electron chi connectivity index (χ4n) is 1.93. The van der Waals surface area contributed by atoms with Crippen molar-refractivity contribution in [1.29, 1.82) is 0 Å². The van der Waals surface area contributed by atoms with Crippen LogP contribution in [0.2, 0.25) is 0 Å². The number of hydrogen-bond acceptors (Lipinski definition) is 5. The number of rotatable bonds is 5. The Labute approximate surface area is 116 Å². The van der Waals surface area contributed by atoms with Crippen molar-refractivity contribution in [2.75, 3.05) is 11.9 Å². The van der Waals surface area contributed by atoms with Crippen LogP contribution in [-0.2, 0) is 0 Å². The minimum atomic E-state index is -0.465. The average Bonchev–Trinajstić information content (AvgIpc) is 2.45. The maximum atomic E-state index is 10.7. The molecule has 6 heteroatoms. The molecule has 0 unspecified atom stereocenters. The SMILES string of the molecule is Cc1nc(N[C@H](CO)c2ccccc2)ccc1[N+](=O)[O-]. The van der Waals surface area contributed by atoms with Crippen molar-refractivity contribution in [2.24, 2.45) is 0 Å². The van der Waals surface area contributed by atoms with E-state index in [-0.39, 0.29) is 18.3 Å². The second-order valence-corrected chi connectivity index (χ2v) is 4.35. The van der Waals surface area contributed by atoms with Gasteiger partial charge in [0.2, 0.25) is 0 Å². The second kappa shape index (κ2) is 6.12. The van der Waals surface area contributed by atoms with E-state index in [0.29, 0.717) is 11.5 Å². The first kappa shape index (κ1) is 14.0. The van der Waals surface area contributed by atoms with Gasteiger partial charge in [0.1, 0.15) is 11.5 Å². The zero-order valence-corrected chi connectivity index (χ0v) is 11.0. The van der Waals surface area contributed by atoms with Crippen molar-refractivity contribution in [3.63, 3.8) is 0 Å². The number of aryl methyl sites for hydroxylation is 1. The van der Waals surface area contributed by atoms with E-state index in [2.05, 4.69) is 10.3 Å². The lowest BCUT2D eigenvalue weighted by Crippen LogP contribution is -2.15. The molecule has 0 bridgehead atoms. The second-order valence-electron chi connectivity index (χ2n) is 4.35. The molecule has 1 aromatic heterocycles. The Hall–Kier alpha value is -2.47. The number of benzene rings is 1. The highest BCUT2D eigenvalue weighted by atomic mass is 16.6. The maximum Gasteiger partial charge on any atom is 0.290 e. The Balaban J connectivity index is 2.20. The molecule has 0 fully saturated rings. The van der Waals surface area contributed by atoms with E-state index < -0.39 is 4.92 Å². The number of anilines is 1. The lowest BCUT2D eigenvalue weighted by Gasteiger charge is -2.17. The van der Waals surface area contributed by atoms with E-state index in [9.17, 15) is 15.2 Å². The molecule has 1 heterocycles. The summed E-state index contributed by atoms with van der Waals surface area (Å²) in [5, 5.41) is 23.3. The molecule has 0 saturated heterocycles. The summed E-state index contributed by atoms with van der Waals surface area (Å²) >= 11 is 0. The van der Waals surface area contributed by atoms with Crippen LogP contribution in [0.5, 0.6) is 0 Å². The van der Waals surface area contributed by atoms with E-state index in [1.807, 2.05) is 30.3 Å². The fraction of sp³-hybridized carbons (Fsp3) is 0.214. The molecule has 2 aromatic rings. The highest BCUT2D eigenvalue weighted by molar-refractivity contribution is 5.46. The van der Waals surface area contributed by atoms with Crippen molar-refractivity contribution >= 4 is 11.5 Å². The zero-order chi connectivity index (χ0) is 14.5. The molecule has 104 valence electrons. The molecule has 1 aromatic carbocycles. The van der Waals surface area contributed by atoms with E-state index in [0.717, 1.165) is 5.56 Å². The minimum absolute atomic E-state index is 0.0178. The Kier molecular flexibility index (Phi) is 4.27. The van der Waals surface area contributed by atoms with Gasteiger partial charge in [-0.15, -0.1) is 0 Å². The smallest absolute Gasteiger partial charge is 0.290 e. The first-order valence-electron chi connectivity index (χ1n) is 6.16. The third-order valence-corrected chi connectivity index (χ3v) is 2.96. The van der Waals surface area contributed by atoms with Gasteiger partial charge in [0.15, 0.2) is 0 Å². The normalized spacial score (nSPS) is 11.9. The monoisotopic (exact) mass is 273 g/mol. The molecule has 0 saturated carbocycles. The molecule has 0 aliphatic rings. The predicted octanol–water partition coefficient (Wildman–Crippen LogP) is 2.44. The first-order chi connectivity index (χ1) is 9.61. The van der Waals surface area contributed by atoms with Crippen LogP contribution in [0.4, 0.5) is 11.5 Å². The highest BCUT2D eigenvalue weighted by Crippen LogP contribution is 2.21. The van der Waals surface area contributed by atoms with Crippen LogP contribution in [0.15, 0.2) is 42.5 Å². The van der Waals surface area contributed by atoms with E-state index in [1.54, 1.807) is 6.92 Å². The molecule has 6 nitrogen and oxygen atoms in total. The molecular formula is C14H15N3O3. The molecule has 2 rings (SSSR count). The van der Waals surface area contributed by atoms with Crippen LogP contribution < -0.4 is 5.32 Å². The van der Waals surface area contributed by atoms with Gasteiger partial charge in [-0.1, -0.05) is 30.3 Å². The van der Waals surface area contributed by atoms with Crippen LogP contribution in [0.3, 0.4) is 0 Å². The third kappa shape index (κ3) is 3.10. The molecule has 0 spiro atoms.